The summed E-state index contributed by atoms with van der Waals surface area (Å²) in [7, 11) is 0. The van der Waals surface area contributed by atoms with Gasteiger partial charge in [-0.05, 0) is 24.3 Å². The van der Waals surface area contributed by atoms with Gasteiger partial charge in [0.05, 0.1) is 42.1 Å². The molecule has 0 spiro atoms. The molecule has 2 aromatic carbocycles. The molecule has 0 fully saturated rings. The molecule has 0 saturated heterocycles. The highest BCUT2D eigenvalue weighted by atomic mass is 35.5. The smallest absolute Gasteiger partial charge is 0.326 e. The first kappa shape index (κ1) is 22.5. The molecule has 154 valence electrons. The van der Waals surface area contributed by atoms with Crippen molar-refractivity contribution in [2.24, 2.45) is 0 Å². The van der Waals surface area contributed by atoms with Crippen molar-refractivity contribution in [3.8, 4) is 17.0 Å². The van der Waals surface area contributed by atoms with E-state index in [2.05, 4.69) is 15.6 Å². The molecule has 11 heteroatoms. The van der Waals surface area contributed by atoms with Crippen molar-refractivity contribution in [1.29, 1.82) is 0 Å². The van der Waals surface area contributed by atoms with Crippen LogP contribution in [0.4, 0.5) is 10.5 Å². The molecule has 0 saturated carbocycles. The molecular formula is C19H10Cl5N3O3. The van der Waals surface area contributed by atoms with Crippen molar-refractivity contribution < 1.29 is 14.7 Å². The van der Waals surface area contributed by atoms with Gasteiger partial charge in [0.1, 0.15) is 0 Å². The number of amides is 3. The fourth-order valence-electron chi connectivity index (χ4n) is 2.49. The molecule has 3 amide bonds. The summed E-state index contributed by atoms with van der Waals surface area (Å²) in [6.07, 6.45) is 1.34. The zero-order valence-electron chi connectivity index (χ0n) is 14.6. The molecule has 30 heavy (non-hydrogen) atoms. The van der Waals surface area contributed by atoms with Crippen molar-refractivity contribution in [2.45, 2.75) is 0 Å². The first-order chi connectivity index (χ1) is 14.2. The van der Waals surface area contributed by atoms with E-state index in [1.54, 1.807) is 12.1 Å². The highest BCUT2D eigenvalue weighted by molar-refractivity contribution is 6.42. The standard InChI is InChI=1S/C19H10Cl5N3O3/c20-8-5-12(23)16(25-7-8)14-11(22)6-13(17(28)15(14)24)26-19(30)27-18(29)9-3-1-2-4-10(9)21/h1-7,28H,(H2,26,27,29,30). The molecule has 3 aromatic rings. The van der Waals surface area contributed by atoms with Crippen molar-refractivity contribution >= 4 is 75.6 Å². The Kier molecular flexibility index (Phi) is 6.95. The molecule has 1 heterocycles. The first-order valence-electron chi connectivity index (χ1n) is 8.08. The predicted molar refractivity (Wildman–Crippen MR) is 119 cm³/mol. The number of benzene rings is 2. The molecule has 0 aliphatic heterocycles. The molecule has 0 radical (unpaired) electrons. The summed E-state index contributed by atoms with van der Waals surface area (Å²) in [5.41, 5.74) is 0.309. The topological polar surface area (TPSA) is 91.3 Å². The summed E-state index contributed by atoms with van der Waals surface area (Å²) in [5, 5.41) is 15.3. The van der Waals surface area contributed by atoms with Crippen molar-refractivity contribution in [3.05, 3.63) is 73.3 Å². The zero-order valence-corrected chi connectivity index (χ0v) is 18.4. The van der Waals surface area contributed by atoms with Crippen LogP contribution in [0.25, 0.3) is 11.3 Å². The van der Waals surface area contributed by atoms with Gasteiger partial charge >= 0.3 is 6.03 Å². The van der Waals surface area contributed by atoms with Crippen LogP contribution in [0.3, 0.4) is 0 Å². The van der Waals surface area contributed by atoms with Gasteiger partial charge < -0.3 is 10.4 Å². The lowest BCUT2D eigenvalue weighted by Crippen LogP contribution is -2.34. The lowest BCUT2D eigenvalue weighted by Gasteiger charge is -2.14. The SMILES string of the molecule is O=C(NC(=O)c1ccccc1Cl)Nc1cc(Cl)c(-c2ncc(Cl)cc2Cl)c(Cl)c1O. The third-order valence-electron chi connectivity index (χ3n) is 3.83. The normalized spacial score (nSPS) is 10.6. The Morgan fingerprint density at radius 3 is 2.30 bits per heavy atom. The Morgan fingerprint density at radius 1 is 0.933 bits per heavy atom. The number of pyridine rings is 1. The van der Waals surface area contributed by atoms with Crippen LogP contribution >= 0.6 is 58.0 Å². The highest BCUT2D eigenvalue weighted by Gasteiger charge is 2.22. The molecule has 3 N–H and O–H groups in total. The van der Waals surface area contributed by atoms with Gasteiger partial charge in [0, 0.05) is 11.8 Å². The number of hydrogen-bond acceptors (Lipinski definition) is 4. The van der Waals surface area contributed by atoms with Crippen LogP contribution in [0, 0.1) is 0 Å². The number of rotatable bonds is 3. The van der Waals surface area contributed by atoms with Gasteiger partial charge in [-0.3, -0.25) is 15.1 Å². The quantitative estimate of drug-likeness (QED) is 0.346. The fourth-order valence-corrected chi connectivity index (χ4v) is 3.82. The van der Waals surface area contributed by atoms with Gasteiger partial charge in [0.2, 0.25) is 0 Å². The molecule has 0 atom stereocenters. The number of urea groups is 1. The molecule has 3 rings (SSSR count). The van der Waals surface area contributed by atoms with Gasteiger partial charge in [-0.25, -0.2) is 4.79 Å². The van der Waals surface area contributed by atoms with E-state index in [4.69, 9.17) is 58.0 Å². The Morgan fingerprint density at radius 2 is 1.63 bits per heavy atom. The molecule has 1 aromatic heterocycles. The number of hydrogen-bond donors (Lipinski definition) is 3. The van der Waals surface area contributed by atoms with Gasteiger partial charge in [-0.1, -0.05) is 70.1 Å². The first-order valence-corrected chi connectivity index (χ1v) is 9.97. The number of halogens is 5. The van der Waals surface area contributed by atoms with Crippen molar-refractivity contribution in [1.82, 2.24) is 10.3 Å². The number of aromatic hydroxyl groups is 1. The van der Waals surface area contributed by atoms with E-state index in [0.717, 1.165) is 0 Å². The number of phenolic OH excluding ortho intramolecular Hbond substituents is 1. The maximum absolute atomic E-state index is 12.2. The van der Waals surface area contributed by atoms with Crippen LogP contribution in [-0.2, 0) is 0 Å². The number of anilines is 1. The second-order valence-corrected chi connectivity index (χ2v) is 7.85. The predicted octanol–water partition coefficient (Wildman–Crippen LogP) is 6.68. The van der Waals surface area contributed by atoms with E-state index in [9.17, 15) is 14.7 Å². The Hall–Kier alpha value is -2.22. The average molecular weight is 506 g/mol. The summed E-state index contributed by atoms with van der Waals surface area (Å²) in [5.74, 6) is -1.23. The minimum Gasteiger partial charge on any atom is -0.504 e. The number of carbonyl (C=O) groups is 2. The second kappa shape index (κ2) is 9.29. The summed E-state index contributed by atoms with van der Waals surface area (Å²) in [4.78, 5) is 28.5. The highest BCUT2D eigenvalue weighted by Crippen LogP contribution is 2.46. The monoisotopic (exact) mass is 503 g/mol. The van der Waals surface area contributed by atoms with Crippen LogP contribution in [0.15, 0.2) is 42.6 Å². The fraction of sp³-hybridized carbons (Fsp3) is 0. The van der Waals surface area contributed by atoms with E-state index >= 15 is 0 Å². The summed E-state index contributed by atoms with van der Waals surface area (Å²) >= 11 is 30.4. The van der Waals surface area contributed by atoms with Crippen LogP contribution < -0.4 is 10.6 Å². The number of carbonyl (C=O) groups excluding carboxylic acids is 2. The average Bonchev–Trinajstić information content (AvgIpc) is 2.67. The third kappa shape index (κ3) is 4.74. The van der Waals surface area contributed by atoms with E-state index in [1.165, 1.54) is 30.5 Å². The molecule has 0 bridgehead atoms. The van der Waals surface area contributed by atoms with Gasteiger partial charge in [-0.2, -0.15) is 0 Å². The van der Waals surface area contributed by atoms with E-state index in [0.29, 0.717) is 5.02 Å². The zero-order chi connectivity index (χ0) is 22.0. The molecule has 0 aliphatic carbocycles. The van der Waals surface area contributed by atoms with E-state index < -0.39 is 17.7 Å². The van der Waals surface area contributed by atoms with E-state index in [1.807, 2.05) is 0 Å². The number of nitrogens with one attached hydrogen (secondary N) is 2. The minimum atomic E-state index is -0.933. The van der Waals surface area contributed by atoms with Crippen LogP contribution in [0.2, 0.25) is 25.1 Å². The Balaban J connectivity index is 1.86. The maximum atomic E-state index is 12.2. The van der Waals surface area contributed by atoms with Gasteiger partial charge in [0.15, 0.2) is 5.75 Å². The third-order valence-corrected chi connectivity index (χ3v) is 5.32. The number of nitrogens with zero attached hydrogens (tertiary/aromatic N) is 1. The van der Waals surface area contributed by atoms with Gasteiger partial charge in [0.25, 0.3) is 5.91 Å². The van der Waals surface area contributed by atoms with Gasteiger partial charge in [-0.15, -0.1) is 0 Å². The number of aromatic nitrogens is 1. The second-order valence-electron chi connectivity index (χ2n) is 5.82. The summed E-state index contributed by atoms with van der Waals surface area (Å²) < 4.78 is 0. The van der Waals surface area contributed by atoms with E-state index in [-0.39, 0.29) is 42.6 Å². The van der Waals surface area contributed by atoms with Crippen LogP contribution in [0.1, 0.15) is 10.4 Å². The summed E-state index contributed by atoms with van der Waals surface area (Å²) in [6, 6.07) is 7.95. The number of imide groups is 1. The molecule has 0 aliphatic rings. The lowest BCUT2D eigenvalue weighted by atomic mass is 10.1. The number of phenols is 1. The largest absolute Gasteiger partial charge is 0.504 e. The molecule has 0 unspecified atom stereocenters. The maximum Gasteiger partial charge on any atom is 0.326 e. The molecular weight excluding hydrogens is 495 g/mol. The Labute approximate surface area is 195 Å². The molecule has 6 nitrogen and oxygen atoms in total. The van der Waals surface area contributed by atoms with Crippen molar-refractivity contribution in [2.75, 3.05) is 5.32 Å². The van der Waals surface area contributed by atoms with Crippen molar-refractivity contribution in [3.63, 3.8) is 0 Å². The lowest BCUT2D eigenvalue weighted by molar-refractivity contribution is 0.0967. The van der Waals surface area contributed by atoms with Crippen LogP contribution in [0.5, 0.6) is 5.75 Å². The minimum absolute atomic E-state index is 0.0438. The van der Waals surface area contributed by atoms with Crippen LogP contribution in [-0.4, -0.2) is 22.0 Å². The summed E-state index contributed by atoms with van der Waals surface area (Å²) in [6.45, 7) is 0. The Bertz CT molecular complexity index is 1170.